The second-order valence-corrected chi connectivity index (χ2v) is 5.59. The van der Waals surface area contributed by atoms with E-state index in [0.717, 1.165) is 36.5 Å². The maximum Gasteiger partial charge on any atom is 0.274 e. The summed E-state index contributed by atoms with van der Waals surface area (Å²) in [7, 11) is 0. The predicted octanol–water partition coefficient (Wildman–Crippen LogP) is 4.14. The van der Waals surface area contributed by atoms with Gasteiger partial charge in [0.05, 0.1) is 11.4 Å². The van der Waals surface area contributed by atoms with Crippen molar-refractivity contribution in [3.05, 3.63) is 89.3 Å². The number of benzene rings is 2. The Labute approximate surface area is 156 Å². The molecule has 142 valence electrons. The standard InChI is InChI=1S/C19H11F4N3O2/c20-11-1-3-15(13(22)8-11)25-18(27)10-5-6-24-17(7-10)19(28)26-16-4-2-12(21)9-14(16)23/h1-9H,(H,25,27)(H,26,28). The van der Waals surface area contributed by atoms with Gasteiger partial charge in [0.1, 0.15) is 29.0 Å². The van der Waals surface area contributed by atoms with Crippen LogP contribution in [0.2, 0.25) is 0 Å². The van der Waals surface area contributed by atoms with Crippen molar-refractivity contribution in [2.24, 2.45) is 0 Å². The molecule has 28 heavy (non-hydrogen) atoms. The van der Waals surface area contributed by atoms with Crippen LogP contribution in [0.3, 0.4) is 0 Å². The van der Waals surface area contributed by atoms with Crippen molar-refractivity contribution in [1.82, 2.24) is 4.98 Å². The lowest BCUT2D eigenvalue weighted by Gasteiger charge is -2.09. The lowest BCUT2D eigenvalue weighted by atomic mass is 10.2. The summed E-state index contributed by atoms with van der Waals surface area (Å²) < 4.78 is 53.1. The monoisotopic (exact) mass is 389 g/mol. The Morgan fingerprint density at radius 2 is 1.25 bits per heavy atom. The van der Waals surface area contributed by atoms with Crippen LogP contribution < -0.4 is 10.6 Å². The van der Waals surface area contributed by atoms with Crippen LogP contribution in [0.1, 0.15) is 20.8 Å². The molecule has 0 atom stereocenters. The van der Waals surface area contributed by atoms with Gasteiger partial charge in [-0.15, -0.1) is 0 Å². The summed E-state index contributed by atoms with van der Waals surface area (Å²) in [6.07, 6.45) is 1.16. The molecule has 0 radical (unpaired) electrons. The molecule has 0 saturated heterocycles. The van der Waals surface area contributed by atoms with Gasteiger partial charge in [-0.2, -0.15) is 0 Å². The van der Waals surface area contributed by atoms with Crippen LogP contribution in [0.15, 0.2) is 54.7 Å². The van der Waals surface area contributed by atoms with Gasteiger partial charge in [-0.05, 0) is 36.4 Å². The average Bonchev–Trinajstić information content (AvgIpc) is 2.66. The van der Waals surface area contributed by atoms with Gasteiger partial charge in [0, 0.05) is 23.9 Å². The molecule has 2 amide bonds. The highest BCUT2D eigenvalue weighted by atomic mass is 19.1. The third kappa shape index (κ3) is 4.32. The number of amides is 2. The number of hydrogen-bond donors (Lipinski definition) is 2. The van der Waals surface area contributed by atoms with Crippen LogP contribution >= 0.6 is 0 Å². The Morgan fingerprint density at radius 3 is 1.79 bits per heavy atom. The predicted molar refractivity (Wildman–Crippen MR) is 92.9 cm³/mol. The molecule has 0 aliphatic carbocycles. The Bertz CT molecular complexity index is 992. The number of hydrogen-bond acceptors (Lipinski definition) is 3. The maximum absolute atomic E-state index is 13.6. The summed E-state index contributed by atoms with van der Waals surface area (Å²) in [5, 5.41) is 4.45. The van der Waals surface area contributed by atoms with Crippen LogP contribution in [-0.2, 0) is 0 Å². The molecule has 0 unspecified atom stereocenters. The van der Waals surface area contributed by atoms with Gasteiger partial charge in [0.2, 0.25) is 0 Å². The van der Waals surface area contributed by atoms with Gasteiger partial charge in [-0.1, -0.05) is 0 Å². The molecule has 0 saturated carbocycles. The van der Waals surface area contributed by atoms with Crippen molar-refractivity contribution >= 4 is 23.2 Å². The lowest BCUT2D eigenvalue weighted by molar-refractivity contribution is 0.102. The molecule has 0 aliphatic heterocycles. The second kappa shape index (κ2) is 7.87. The number of carbonyl (C=O) groups is 2. The minimum absolute atomic E-state index is 0.0385. The van der Waals surface area contributed by atoms with Crippen LogP contribution in [0.5, 0.6) is 0 Å². The Balaban J connectivity index is 1.77. The molecule has 2 N–H and O–H groups in total. The van der Waals surface area contributed by atoms with Crippen molar-refractivity contribution in [2.45, 2.75) is 0 Å². The Hall–Kier alpha value is -3.75. The smallest absolute Gasteiger partial charge is 0.274 e. The molecule has 9 heteroatoms. The van der Waals surface area contributed by atoms with Crippen molar-refractivity contribution < 1.29 is 27.2 Å². The molecule has 2 aromatic carbocycles. The van der Waals surface area contributed by atoms with Gasteiger partial charge in [0.15, 0.2) is 0 Å². The Kier molecular flexibility index (Phi) is 5.35. The number of nitrogens with zero attached hydrogens (tertiary/aromatic N) is 1. The summed E-state index contributed by atoms with van der Waals surface area (Å²) >= 11 is 0. The van der Waals surface area contributed by atoms with Crippen molar-refractivity contribution in [3.63, 3.8) is 0 Å². The lowest BCUT2D eigenvalue weighted by Crippen LogP contribution is -2.18. The van der Waals surface area contributed by atoms with Crippen molar-refractivity contribution in [3.8, 4) is 0 Å². The van der Waals surface area contributed by atoms with Crippen LogP contribution in [0.25, 0.3) is 0 Å². The first-order valence-electron chi connectivity index (χ1n) is 7.82. The molecular weight excluding hydrogens is 378 g/mol. The zero-order valence-electron chi connectivity index (χ0n) is 14.0. The average molecular weight is 389 g/mol. The van der Waals surface area contributed by atoms with Crippen molar-refractivity contribution in [2.75, 3.05) is 10.6 Å². The SMILES string of the molecule is O=C(Nc1ccc(F)cc1F)c1ccnc(C(=O)Nc2ccc(F)cc2F)c1. The molecular formula is C19H11F4N3O2. The topological polar surface area (TPSA) is 71.1 Å². The van der Waals surface area contributed by atoms with E-state index in [1.165, 1.54) is 6.07 Å². The van der Waals surface area contributed by atoms with Gasteiger partial charge in [-0.25, -0.2) is 17.6 Å². The first-order chi connectivity index (χ1) is 13.3. The van der Waals surface area contributed by atoms with E-state index in [4.69, 9.17) is 0 Å². The fourth-order valence-electron chi connectivity index (χ4n) is 2.26. The van der Waals surface area contributed by atoms with E-state index >= 15 is 0 Å². The van der Waals surface area contributed by atoms with Gasteiger partial charge < -0.3 is 10.6 Å². The fourth-order valence-corrected chi connectivity index (χ4v) is 2.26. The summed E-state index contributed by atoms with van der Waals surface area (Å²) in [6, 6.07) is 7.61. The number of halogens is 4. The molecule has 0 aliphatic rings. The minimum Gasteiger partial charge on any atom is -0.319 e. The quantitative estimate of drug-likeness (QED) is 0.659. The largest absolute Gasteiger partial charge is 0.319 e. The fraction of sp³-hybridized carbons (Fsp3) is 0. The number of anilines is 2. The summed E-state index contributed by atoms with van der Waals surface area (Å²) in [5.74, 6) is -5.16. The number of nitrogens with one attached hydrogen (secondary N) is 2. The molecule has 1 aromatic heterocycles. The number of pyridine rings is 1. The van der Waals surface area contributed by atoms with E-state index in [-0.39, 0.29) is 22.6 Å². The highest BCUT2D eigenvalue weighted by Gasteiger charge is 2.15. The first-order valence-corrected chi connectivity index (χ1v) is 7.82. The molecule has 3 rings (SSSR count). The van der Waals surface area contributed by atoms with E-state index in [0.29, 0.717) is 12.1 Å². The van der Waals surface area contributed by atoms with Gasteiger partial charge in [-0.3, -0.25) is 14.6 Å². The molecule has 0 bridgehead atoms. The van der Waals surface area contributed by atoms with Crippen LogP contribution in [0.4, 0.5) is 28.9 Å². The number of carbonyl (C=O) groups excluding carboxylic acids is 2. The zero-order valence-corrected chi connectivity index (χ0v) is 14.0. The normalized spacial score (nSPS) is 10.4. The van der Waals surface area contributed by atoms with Crippen molar-refractivity contribution in [1.29, 1.82) is 0 Å². The molecule has 3 aromatic rings. The van der Waals surface area contributed by atoms with Crippen LogP contribution in [0, 0.1) is 23.3 Å². The van der Waals surface area contributed by atoms with Gasteiger partial charge >= 0.3 is 0 Å². The van der Waals surface area contributed by atoms with E-state index in [2.05, 4.69) is 15.6 Å². The summed E-state index contributed by atoms with van der Waals surface area (Å²) in [6.45, 7) is 0. The number of aromatic nitrogens is 1. The van der Waals surface area contributed by atoms with E-state index < -0.39 is 35.1 Å². The third-order valence-electron chi connectivity index (χ3n) is 3.61. The van der Waals surface area contributed by atoms with Crippen LogP contribution in [-0.4, -0.2) is 16.8 Å². The number of rotatable bonds is 4. The second-order valence-electron chi connectivity index (χ2n) is 5.59. The zero-order chi connectivity index (χ0) is 20.3. The van der Waals surface area contributed by atoms with Gasteiger partial charge in [0.25, 0.3) is 11.8 Å². The maximum atomic E-state index is 13.6. The highest BCUT2D eigenvalue weighted by molar-refractivity contribution is 6.07. The summed E-state index contributed by atoms with van der Waals surface area (Å²) in [4.78, 5) is 28.2. The molecule has 0 fully saturated rings. The summed E-state index contributed by atoms with van der Waals surface area (Å²) in [5.41, 5.74) is -0.779. The highest BCUT2D eigenvalue weighted by Crippen LogP contribution is 2.18. The van der Waals surface area contributed by atoms with E-state index in [9.17, 15) is 27.2 Å². The minimum atomic E-state index is -0.978. The molecule has 0 spiro atoms. The third-order valence-corrected chi connectivity index (χ3v) is 3.61. The molecule has 1 heterocycles. The van der Waals surface area contributed by atoms with E-state index in [1.54, 1.807) is 0 Å². The van der Waals surface area contributed by atoms with E-state index in [1.807, 2.05) is 0 Å². The Morgan fingerprint density at radius 1 is 0.714 bits per heavy atom. The first kappa shape index (κ1) is 19.0. The molecule has 5 nitrogen and oxygen atoms in total.